The minimum absolute atomic E-state index is 0.0133. The number of para-hydroxylation sites is 1. The molecule has 4 aromatic rings. The van der Waals surface area contributed by atoms with Crippen LogP contribution in [0.3, 0.4) is 0 Å². The zero-order chi connectivity index (χ0) is 31.7. The van der Waals surface area contributed by atoms with Gasteiger partial charge in [0.05, 0.1) is 10.6 Å². The first-order valence-electron chi connectivity index (χ1n) is 14.3. The van der Waals surface area contributed by atoms with E-state index in [1.807, 2.05) is 32.0 Å². The SMILES string of the molecule is CC[C@@H](C)NC(=O)[C@H](C)N(Cc1ccccc1F)C(=O)CN(c1ccc(Oc2ccccc2)cc1)S(=O)(=O)c1ccccc1. The van der Waals surface area contributed by atoms with Gasteiger partial charge in [0.25, 0.3) is 10.0 Å². The summed E-state index contributed by atoms with van der Waals surface area (Å²) in [5.41, 5.74) is 0.411. The fourth-order valence-corrected chi connectivity index (χ4v) is 5.85. The third-order valence-electron chi connectivity index (χ3n) is 7.18. The first-order valence-corrected chi connectivity index (χ1v) is 15.8. The van der Waals surface area contributed by atoms with Crippen molar-refractivity contribution in [2.45, 2.75) is 50.7 Å². The zero-order valence-electron chi connectivity index (χ0n) is 24.9. The molecule has 0 radical (unpaired) electrons. The Balaban J connectivity index is 1.70. The molecule has 0 aromatic heterocycles. The standard InChI is InChI=1S/C34H36FN3O5S/c1-4-25(2)36-34(40)26(3)37(23-27-13-11-12-18-32(27)35)33(39)24-38(44(41,42)31-16-9-6-10-17-31)28-19-21-30(22-20-28)43-29-14-7-5-8-15-29/h5-22,25-26H,4,23-24H2,1-3H3,(H,36,40)/t25-,26+/m1/s1. The molecule has 4 aromatic carbocycles. The average molecular weight is 618 g/mol. The number of nitrogens with one attached hydrogen (secondary N) is 1. The summed E-state index contributed by atoms with van der Waals surface area (Å²) in [5, 5.41) is 2.86. The number of halogens is 1. The molecular formula is C34H36FN3O5S. The Kier molecular flexibility index (Phi) is 10.7. The van der Waals surface area contributed by atoms with Crippen molar-refractivity contribution in [3.8, 4) is 11.5 Å². The second-order valence-corrected chi connectivity index (χ2v) is 12.2. The molecule has 0 saturated carbocycles. The van der Waals surface area contributed by atoms with Crippen LogP contribution in [0.1, 0.15) is 32.8 Å². The smallest absolute Gasteiger partial charge is 0.264 e. The Bertz CT molecular complexity index is 1650. The normalized spacial score (nSPS) is 12.5. The highest BCUT2D eigenvalue weighted by molar-refractivity contribution is 7.92. The van der Waals surface area contributed by atoms with Gasteiger partial charge in [-0.3, -0.25) is 13.9 Å². The number of nitrogens with zero attached hydrogens (tertiary/aromatic N) is 2. The maximum Gasteiger partial charge on any atom is 0.264 e. The van der Waals surface area contributed by atoms with Gasteiger partial charge in [-0.15, -0.1) is 0 Å². The molecule has 8 nitrogen and oxygen atoms in total. The van der Waals surface area contributed by atoms with Gasteiger partial charge in [0.1, 0.15) is 29.9 Å². The molecule has 10 heteroatoms. The van der Waals surface area contributed by atoms with E-state index in [0.29, 0.717) is 17.9 Å². The molecule has 0 aliphatic heterocycles. The molecule has 2 atom stereocenters. The third-order valence-corrected chi connectivity index (χ3v) is 8.97. The van der Waals surface area contributed by atoms with Gasteiger partial charge in [0.15, 0.2) is 0 Å². The highest BCUT2D eigenvalue weighted by Crippen LogP contribution is 2.28. The number of carbonyl (C=O) groups excluding carboxylic acids is 2. The van der Waals surface area contributed by atoms with Crippen molar-refractivity contribution in [2.24, 2.45) is 0 Å². The number of benzene rings is 4. The first kappa shape index (κ1) is 32.2. The lowest BCUT2D eigenvalue weighted by Crippen LogP contribution is -2.52. The van der Waals surface area contributed by atoms with Crippen LogP contribution in [0.5, 0.6) is 11.5 Å². The Hall–Kier alpha value is -4.70. The predicted octanol–water partition coefficient (Wildman–Crippen LogP) is 6.15. The number of anilines is 1. The number of hydrogen-bond acceptors (Lipinski definition) is 5. The van der Waals surface area contributed by atoms with Gasteiger partial charge in [0.2, 0.25) is 11.8 Å². The van der Waals surface area contributed by atoms with Crippen LogP contribution < -0.4 is 14.4 Å². The summed E-state index contributed by atoms with van der Waals surface area (Å²) in [5.74, 6) is -0.562. The Morgan fingerprint density at radius 2 is 1.39 bits per heavy atom. The summed E-state index contributed by atoms with van der Waals surface area (Å²) in [4.78, 5) is 28.4. The largest absolute Gasteiger partial charge is 0.457 e. The lowest BCUT2D eigenvalue weighted by atomic mass is 10.1. The molecule has 0 aliphatic rings. The number of ether oxygens (including phenoxy) is 1. The minimum Gasteiger partial charge on any atom is -0.457 e. The summed E-state index contributed by atoms with van der Waals surface area (Å²) in [6.45, 7) is 4.44. The number of hydrogen-bond donors (Lipinski definition) is 1. The summed E-state index contributed by atoms with van der Waals surface area (Å²) in [6.07, 6.45) is 0.673. The fourth-order valence-electron chi connectivity index (χ4n) is 4.41. The number of carbonyl (C=O) groups is 2. The van der Waals surface area contributed by atoms with Gasteiger partial charge in [-0.1, -0.05) is 61.5 Å². The lowest BCUT2D eigenvalue weighted by Gasteiger charge is -2.32. The van der Waals surface area contributed by atoms with Crippen LogP contribution >= 0.6 is 0 Å². The Morgan fingerprint density at radius 3 is 2.00 bits per heavy atom. The van der Waals surface area contributed by atoms with Crippen LogP contribution in [0.25, 0.3) is 0 Å². The van der Waals surface area contributed by atoms with Crippen molar-refractivity contribution >= 4 is 27.5 Å². The molecule has 0 saturated heterocycles. The van der Waals surface area contributed by atoms with Crippen LogP contribution in [0.4, 0.5) is 10.1 Å². The van der Waals surface area contributed by atoms with E-state index in [1.165, 1.54) is 35.2 Å². The third kappa shape index (κ3) is 8.02. The molecule has 4 rings (SSSR count). The maximum atomic E-state index is 14.7. The summed E-state index contributed by atoms with van der Waals surface area (Å²) < 4.78 is 49.5. The van der Waals surface area contributed by atoms with Crippen molar-refractivity contribution in [3.63, 3.8) is 0 Å². The van der Waals surface area contributed by atoms with Crippen molar-refractivity contribution in [1.29, 1.82) is 0 Å². The van der Waals surface area contributed by atoms with E-state index in [2.05, 4.69) is 5.32 Å². The van der Waals surface area contributed by atoms with Gasteiger partial charge in [-0.25, -0.2) is 12.8 Å². The quantitative estimate of drug-likeness (QED) is 0.194. The van der Waals surface area contributed by atoms with E-state index >= 15 is 0 Å². The molecule has 230 valence electrons. The van der Waals surface area contributed by atoms with Crippen LogP contribution in [0.2, 0.25) is 0 Å². The molecule has 1 N–H and O–H groups in total. The zero-order valence-corrected chi connectivity index (χ0v) is 25.7. The Morgan fingerprint density at radius 1 is 0.818 bits per heavy atom. The molecule has 0 spiro atoms. The van der Waals surface area contributed by atoms with Crippen LogP contribution in [0.15, 0.2) is 114 Å². The van der Waals surface area contributed by atoms with Gasteiger partial charge in [-0.05, 0) is 74.9 Å². The van der Waals surface area contributed by atoms with E-state index in [-0.39, 0.29) is 28.7 Å². The van der Waals surface area contributed by atoms with Crippen LogP contribution in [-0.2, 0) is 26.2 Å². The molecule has 0 heterocycles. The molecule has 0 aliphatic carbocycles. The highest BCUT2D eigenvalue weighted by Gasteiger charge is 2.33. The summed E-state index contributed by atoms with van der Waals surface area (Å²) >= 11 is 0. The number of rotatable bonds is 13. The van der Waals surface area contributed by atoms with Gasteiger partial charge < -0.3 is 15.0 Å². The summed E-state index contributed by atoms with van der Waals surface area (Å²) in [6, 6.07) is 28.0. The van der Waals surface area contributed by atoms with Gasteiger partial charge in [0, 0.05) is 18.2 Å². The van der Waals surface area contributed by atoms with E-state index < -0.39 is 40.2 Å². The predicted molar refractivity (Wildman–Crippen MR) is 168 cm³/mol. The highest BCUT2D eigenvalue weighted by atomic mass is 32.2. The van der Waals surface area contributed by atoms with Crippen molar-refractivity contribution in [2.75, 3.05) is 10.8 Å². The molecular weight excluding hydrogens is 581 g/mol. The topological polar surface area (TPSA) is 96.0 Å². The van der Waals surface area contributed by atoms with Crippen molar-refractivity contribution < 1.29 is 27.1 Å². The van der Waals surface area contributed by atoms with E-state index in [4.69, 9.17) is 4.74 Å². The van der Waals surface area contributed by atoms with E-state index in [1.54, 1.807) is 67.6 Å². The number of amides is 2. The molecule has 0 fully saturated rings. The molecule has 2 amide bonds. The maximum absolute atomic E-state index is 14.7. The minimum atomic E-state index is -4.23. The van der Waals surface area contributed by atoms with E-state index in [0.717, 1.165) is 4.31 Å². The molecule has 0 unspecified atom stereocenters. The fraction of sp³-hybridized carbons (Fsp3) is 0.235. The van der Waals surface area contributed by atoms with E-state index in [9.17, 15) is 22.4 Å². The van der Waals surface area contributed by atoms with Gasteiger partial charge in [-0.2, -0.15) is 0 Å². The van der Waals surface area contributed by atoms with Gasteiger partial charge >= 0.3 is 0 Å². The monoisotopic (exact) mass is 617 g/mol. The Labute approximate surface area is 258 Å². The van der Waals surface area contributed by atoms with Crippen LogP contribution in [0, 0.1) is 5.82 Å². The second-order valence-electron chi connectivity index (χ2n) is 10.3. The van der Waals surface area contributed by atoms with Crippen molar-refractivity contribution in [1.82, 2.24) is 10.2 Å². The second kappa shape index (κ2) is 14.7. The van der Waals surface area contributed by atoms with Crippen molar-refractivity contribution in [3.05, 3.63) is 121 Å². The average Bonchev–Trinajstić information content (AvgIpc) is 3.04. The molecule has 0 bridgehead atoms. The lowest BCUT2D eigenvalue weighted by molar-refractivity contribution is -0.139. The molecule has 44 heavy (non-hydrogen) atoms. The summed E-state index contributed by atoms with van der Waals surface area (Å²) in [7, 11) is -4.23. The van der Waals surface area contributed by atoms with Crippen LogP contribution in [-0.4, -0.2) is 43.8 Å². The number of sulfonamides is 1. The first-order chi connectivity index (χ1) is 21.1.